The molecule has 0 saturated heterocycles. The molecular formula is C11H9NS. The third-order valence-corrected chi connectivity index (χ3v) is 3.31. The molecule has 1 atom stereocenters. The van der Waals surface area contributed by atoms with Crippen molar-refractivity contribution >= 4 is 23.5 Å². The first-order valence-corrected chi connectivity index (χ1v) is 5.27. The van der Waals surface area contributed by atoms with Crippen LogP contribution in [0.25, 0.3) is 6.08 Å². The number of hydrogen-bond donors (Lipinski definition) is 0. The van der Waals surface area contributed by atoms with Gasteiger partial charge in [0.25, 0.3) is 0 Å². The summed E-state index contributed by atoms with van der Waals surface area (Å²) in [5.41, 5.74) is 2.63. The van der Waals surface area contributed by atoms with Gasteiger partial charge in [0.1, 0.15) is 5.37 Å². The van der Waals surface area contributed by atoms with Crippen molar-refractivity contribution in [2.24, 2.45) is 0 Å². The molecule has 0 aliphatic carbocycles. The Morgan fingerprint density at radius 3 is 3.15 bits per heavy atom. The van der Waals surface area contributed by atoms with Gasteiger partial charge in [-0.2, -0.15) is 0 Å². The predicted octanol–water partition coefficient (Wildman–Crippen LogP) is 3.06. The Hall–Kier alpha value is -1.15. The van der Waals surface area contributed by atoms with Crippen molar-refractivity contribution < 1.29 is 0 Å². The van der Waals surface area contributed by atoms with Gasteiger partial charge in [-0.3, -0.25) is 0 Å². The predicted molar refractivity (Wildman–Crippen MR) is 58.5 cm³/mol. The van der Waals surface area contributed by atoms with Crippen molar-refractivity contribution in [3.05, 3.63) is 47.5 Å². The number of anilines is 1. The SMILES string of the molecule is C1=CN2c3ccccc3C=CC2S1. The van der Waals surface area contributed by atoms with E-state index in [0.29, 0.717) is 5.37 Å². The van der Waals surface area contributed by atoms with Gasteiger partial charge in [0, 0.05) is 11.9 Å². The third kappa shape index (κ3) is 1.02. The molecule has 2 heterocycles. The minimum absolute atomic E-state index is 0.481. The smallest absolute Gasteiger partial charge is 0.102 e. The second-order valence-electron chi connectivity index (χ2n) is 3.14. The highest BCUT2D eigenvalue weighted by Crippen LogP contribution is 2.37. The maximum Gasteiger partial charge on any atom is 0.102 e. The Kier molecular flexibility index (Phi) is 1.49. The number of benzene rings is 1. The van der Waals surface area contributed by atoms with Gasteiger partial charge in [0.15, 0.2) is 0 Å². The van der Waals surface area contributed by atoms with Crippen LogP contribution >= 0.6 is 11.8 Å². The molecule has 2 aliphatic heterocycles. The molecule has 0 saturated carbocycles. The first-order chi connectivity index (χ1) is 6.45. The van der Waals surface area contributed by atoms with E-state index in [1.54, 1.807) is 0 Å². The van der Waals surface area contributed by atoms with E-state index >= 15 is 0 Å². The minimum atomic E-state index is 0.481. The molecule has 2 heteroatoms. The van der Waals surface area contributed by atoms with Crippen molar-refractivity contribution in [2.45, 2.75) is 5.37 Å². The van der Waals surface area contributed by atoms with Gasteiger partial charge in [0.2, 0.25) is 0 Å². The van der Waals surface area contributed by atoms with Crippen LogP contribution in [0.15, 0.2) is 41.9 Å². The summed E-state index contributed by atoms with van der Waals surface area (Å²) in [5.74, 6) is 0. The van der Waals surface area contributed by atoms with Crippen LogP contribution in [-0.2, 0) is 0 Å². The molecule has 2 aliphatic rings. The van der Waals surface area contributed by atoms with Crippen LogP contribution in [0.3, 0.4) is 0 Å². The standard InChI is InChI=1S/C11H9NS/c1-2-4-10-9(3-1)5-6-11-12(10)7-8-13-11/h1-8,11H. The largest absolute Gasteiger partial charge is 0.331 e. The summed E-state index contributed by atoms with van der Waals surface area (Å²) in [6, 6.07) is 8.49. The van der Waals surface area contributed by atoms with Gasteiger partial charge in [0.05, 0.1) is 0 Å². The Bertz CT molecular complexity index is 395. The van der Waals surface area contributed by atoms with Crippen molar-refractivity contribution in [2.75, 3.05) is 4.90 Å². The number of hydrogen-bond acceptors (Lipinski definition) is 2. The molecule has 13 heavy (non-hydrogen) atoms. The number of nitrogens with zero attached hydrogens (tertiary/aromatic N) is 1. The Labute approximate surface area is 81.7 Å². The third-order valence-electron chi connectivity index (χ3n) is 2.37. The van der Waals surface area contributed by atoms with Crippen LogP contribution in [0, 0.1) is 0 Å². The zero-order valence-electron chi connectivity index (χ0n) is 7.05. The van der Waals surface area contributed by atoms with Crippen LogP contribution < -0.4 is 4.90 Å². The summed E-state index contributed by atoms with van der Waals surface area (Å²) in [4.78, 5) is 2.31. The fourth-order valence-electron chi connectivity index (χ4n) is 1.74. The van der Waals surface area contributed by atoms with E-state index in [1.807, 2.05) is 11.8 Å². The molecule has 0 bridgehead atoms. The van der Waals surface area contributed by atoms with E-state index in [2.05, 4.69) is 52.9 Å². The molecule has 0 radical (unpaired) electrons. The average molecular weight is 187 g/mol. The fourth-order valence-corrected chi connectivity index (χ4v) is 2.58. The lowest BCUT2D eigenvalue weighted by Gasteiger charge is -2.27. The number of thioether (sulfide) groups is 1. The summed E-state index contributed by atoms with van der Waals surface area (Å²) in [5, 5.41) is 2.63. The van der Waals surface area contributed by atoms with Crippen molar-refractivity contribution in [1.29, 1.82) is 0 Å². The van der Waals surface area contributed by atoms with E-state index in [9.17, 15) is 0 Å². The number of para-hydroxylation sites is 1. The van der Waals surface area contributed by atoms with Gasteiger partial charge >= 0.3 is 0 Å². The lowest BCUT2D eigenvalue weighted by atomic mass is 10.1. The highest BCUT2D eigenvalue weighted by molar-refractivity contribution is 8.03. The molecule has 0 fully saturated rings. The number of fused-ring (bicyclic) bond motifs is 3. The lowest BCUT2D eigenvalue weighted by Crippen LogP contribution is -2.24. The summed E-state index contributed by atoms with van der Waals surface area (Å²) >= 11 is 1.85. The second kappa shape index (κ2) is 2.67. The topological polar surface area (TPSA) is 3.24 Å². The molecule has 64 valence electrons. The van der Waals surface area contributed by atoms with Gasteiger partial charge < -0.3 is 4.90 Å². The Morgan fingerprint density at radius 1 is 1.23 bits per heavy atom. The van der Waals surface area contributed by atoms with Crippen molar-refractivity contribution in [3.63, 3.8) is 0 Å². The van der Waals surface area contributed by atoms with E-state index in [-0.39, 0.29) is 0 Å². The zero-order valence-corrected chi connectivity index (χ0v) is 7.87. The van der Waals surface area contributed by atoms with E-state index < -0.39 is 0 Å². The lowest BCUT2D eigenvalue weighted by molar-refractivity contribution is 1.04. The molecule has 0 spiro atoms. The first kappa shape index (κ1) is 7.27. The van der Waals surface area contributed by atoms with E-state index in [4.69, 9.17) is 0 Å². The molecule has 1 aromatic carbocycles. The van der Waals surface area contributed by atoms with E-state index in [1.165, 1.54) is 11.3 Å². The van der Waals surface area contributed by atoms with Crippen molar-refractivity contribution in [1.82, 2.24) is 0 Å². The molecular weight excluding hydrogens is 178 g/mol. The molecule has 0 N–H and O–H groups in total. The quantitative estimate of drug-likeness (QED) is 0.614. The zero-order chi connectivity index (χ0) is 8.67. The summed E-state index contributed by atoms with van der Waals surface area (Å²) in [6.07, 6.45) is 6.60. The van der Waals surface area contributed by atoms with Gasteiger partial charge in [-0.15, -0.1) is 11.8 Å². The Balaban J connectivity index is 2.17. The van der Waals surface area contributed by atoms with E-state index in [0.717, 1.165) is 0 Å². The maximum atomic E-state index is 2.31. The monoisotopic (exact) mass is 187 g/mol. The minimum Gasteiger partial charge on any atom is -0.331 e. The summed E-state index contributed by atoms with van der Waals surface area (Å²) in [7, 11) is 0. The fraction of sp³-hybridized carbons (Fsp3) is 0.0909. The van der Waals surface area contributed by atoms with Crippen LogP contribution in [-0.4, -0.2) is 5.37 Å². The van der Waals surface area contributed by atoms with Crippen molar-refractivity contribution in [3.8, 4) is 0 Å². The van der Waals surface area contributed by atoms with Gasteiger partial charge in [-0.25, -0.2) is 0 Å². The molecule has 1 nitrogen and oxygen atoms in total. The maximum absolute atomic E-state index is 2.31. The van der Waals surface area contributed by atoms with Crippen LogP contribution in [0.5, 0.6) is 0 Å². The molecule has 0 amide bonds. The summed E-state index contributed by atoms with van der Waals surface area (Å²) in [6.45, 7) is 0. The van der Waals surface area contributed by atoms with Gasteiger partial charge in [-0.1, -0.05) is 30.4 Å². The Morgan fingerprint density at radius 2 is 2.15 bits per heavy atom. The second-order valence-corrected chi connectivity index (χ2v) is 4.16. The highest BCUT2D eigenvalue weighted by atomic mass is 32.2. The average Bonchev–Trinajstić information content (AvgIpc) is 2.65. The van der Waals surface area contributed by atoms with Gasteiger partial charge in [-0.05, 0) is 17.0 Å². The van der Waals surface area contributed by atoms with Crippen LogP contribution in [0.2, 0.25) is 0 Å². The molecule has 1 unspecified atom stereocenters. The van der Waals surface area contributed by atoms with Crippen LogP contribution in [0.4, 0.5) is 5.69 Å². The number of rotatable bonds is 0. The van der Waals surface area contributed by atoms with Crippen LogP contribution in [0.1, 0.15) is 5.56 Å². The molecule has 0 aromatic heterocycles. The molecule has 3 rings (SSSR count). The molecule has 1 aromatic rings. The normalized spacial score (nSPS) is 23.1. The highest BCUT2D eigenvalue weighted by Gasteiger charge is 2.23. The first-order valence-electron chi connectivity index (χ1n) is 4.33. The summed E-state index contributed by atoms with van der Waals surface area (Å²) < 4.78 is 0.